The number of hydrogen-bond acceptors (Lipinski definition) is 4. The zero-order chi connectivity index (χ0) is 27.6. The van der Waals surface area contributed by atoms with Crippen molar-refractivity contribution in [2.75, 3.05) is 9.62 Å². The average molecular weight is 580 g/mol. The van der Waals surface area contributed by atoms with Crippen LogP contribution in [0.15, 0.2) is 109 Å². The average Bonchev–Trinajstić information content (AvgIpc) is 2.99. The molecule has 0 saturated carbocycles. The number of hydrogen-bond donors (Lipinski definition) is 2. The number of halogens is 2. The molecule has 5 rings (SSSR count). The van der Waals surface area contributed by atoms with Gasteiger partial charge in [-0.3, -0.25) is 9.10 Å². The number of nitrogens with zero attached hydrogens (tertiary/aromatic N) is 1. The first-order valence-electron chi connectivity index (χ1n) is 12.1. The number of carbonyl (C=O) groups is 1. The number of para-hydroxylation sites is 1. The first-order chi connectivity index (χ1) is 18.7. The van der Waals surface area contributed by atoms with E-state index in [0.717, 1.165) is 0 Å². The summed E-state index contributed by atoms with van der Waals surface area (Å²) in [4.78, 5) is 13.7. The van der Waals surface area contributed by atoms with Crippen LogP contribution >= 0.6 is 23.2 Å². The van der Waals surface area contributed by atoms with Gasteiger partial charge in [-0.05, 0) is 60.0 Å². The molecule has 9 heteroatoms. The normalized spacial score (nSPS) is 16.4. The van der Waals surface area contributed by atoms with Gasteiger partial charge in [-0.1, -0.05) is 83.9 Å². The number of fused-ring (bicyclic) bond motifs is 1. The van der Waals surface area contributed by atoms with Crippen molar-refractivity contribution < 1.29 is 18.3 Å². The molecule has 0 bridgehead atoms. The molecule has 0 saturated heterocycles. The van der Waals surface area contributed by atoms with Gasteiger partial charge in [-0.2, -0.15) is 0 Å². The highest BCUT2D eigenvalue weighted by Crippen LogP contribution is 2.40. The van der Waals surface area contributed by atoms with Crippen molar-refractivity contribution in [2.45, 2.75) is 18.2 Å². The van der Waals surface area contributed by atoms with Crippen LogP contribution < -0.4 is 9.62 Å². The Labute approximate surface area is 237 Å². The molecule has 6 nitrogen and oxygen atoms in total. The van der Waals surface area contributed by atoms with Gasteiger partial charge in [-0.25, -0.2) is 8.42 Å². The Morgan fingerprint density at radius 3 is 2.05 bits per heavy atom. The van der Waals surface area contributed by atoms with E-state index in [4.69, 9.17) is 23.2 Å². The second kappa shape index (κ2) is 11.1. The summed E-state index contributed by atoms with van der Waals surface area (Å²) in [6.07, 6.45) is -0.0299. The van der Waals surface area contributed by atoms with Crippen LogP contribution in [0.25, 0.3) is 5.57 Å². The van der Waals surface area contributed by atoms with Gasteiger partial charge in [0.2, 0.25) is 10.0 Å². The summed E-state index contributed by atoms with van der Waals surface area (Å²) in [6.45, 7) is -0.0127. The highest BCUT2D eigenvalue weighted by molar-refractivity contribution is 7.93. The lowest BCUT2D eigenvalue weighted by atomic mass is 9.98. The van der Waals surface area contributed by atoms with Crippen molar-refractivity contribution in [3.05, 3.63) is 136 Å². The third-order valence-electron chi connectivity index (χ3n) is 6.50. The molecule has 1 atom stereocenters. The number of rotatable bonds is 6. The van der Waals surface area contributed by atoms with Crippen LogP contribution in [0.1, 0.15) is 16.7 Å². The molecule has 1 amide bonds. The third-order valence-corrected chi connectivity index (χ3v) is 9.06. The van der Waals surface area contributed by atoms with E-state index in [1.807, 2.05) is 6.07 Å². The Bertz CT molecular complexity index is 1640. The smallest absolute Gasteiger partial charge is 0.259 e. The molecule has 1 heterocycles. The van der Waals surface area contributed by atoms with Gasteiger partial charge in [0, 0.05) is 21.3 Å². The summed E-state index contributed by atoms with van der Waals surface area (Å²) >= 11 is 12.0. The number of aliphatic hydroxyl groups is 1. The van der Waals surface area contributed by atoms with Crippen molar-refractivity contribution in [1.82, 2.24) is 0 Å². The van der Waals surface area contributed by atoms with Gasteiger partial charge in [0.15, 0.2) is 0 Å². The minimum atomic E-state index is -4.22. The summed E-state index contributed by atoms with van der Waals surface area (Å²) in [5.41, 5.74) is 2.33. The Morgan fingerprint density at radius 2 is 1.38 bits per heavy atom. The van der Waals surface area contributed by atoms with Gasteiger partial charge in [0.1, 0.15) is 11.0 Å². The fraction of sp³-hybridized carbons (Fsp3) is 0.100. The largest absolute Gasteiger partial charge is 0.510 e. The lowest BCUT2D eigenvalue weighted by molar-refractivity contribution is -0.111. The van der Waals surface area contributed by atoms with E-state index < -0.39 is 26.9 Å². The van der Waals surface area contributed by atoms with Crippen LogP contribution in [0.2, 0.25) is 10.0 Å². The number of amides is 1. The highest BCUT2D eigenvalue weighted by Gasteiger charge is 2.42. The van der Waals surface area contributed by atoms with E-state index in [2.05, 4.69) is 5.32 Å². The van der Waals surface area contributed by atoms with Crippen LogP contribution in [0.5, 0.6) is 0 Å². The molecule has 4 aromatic carbocycles. The molecule has 198 valence electrons. The van der Waals surface area contributed by atoms with Crippen molar-refractivity contribution in [3.8, 4) is 0 Å². The molecular formula is C30H24Cl2N2O4S. The molecule has 1 unspecified atom stereocenters. The fourth-order valence-electron chi connectivity index (χ4n) is 4.56. The number of sulfonamides is 1. The predicted molar refractivity (Wildman–Crippen MR) is 157 cm³/mol. The van der Waals surface area contributed by atoms with Gasteiger partial charge in [-0.15, -0.1) is 0 Å². The standard InChI is InChI=1S/C30H24Cl2N2O4S/c31-22-12-10-21(11-13-22)19-34-26-9-5-4-8-25(26)28(30(36)33-24-16-14-23(32)15-17-24)29(35)27(39(34,37)38)18-20-6-2-1-3-7-20/h1-17,27,35H,18-19H2,(H,33,36). The van der Waals surface area contributed by atoms with Gasteiger partial charge >= 0.3 is 0 Å². The lowest BCUT2D eigenvalue weighted by Crippen LogP contribution is -2.40. The molecule has 1 aliphatic heterocycles. The first-order valence-corrected chi connectivity index (χ1v) is 14.4. The van der Waals surface area contributed by atoms with Crippen molar-refractivity contribution in [1.29, 1.82) is 0 Å². The zero-order valence-electron chi connectivity index (χ0n) is 20.6. The van der Waals surface area contributed by atoms with E-state index in [1.165, 1.54) is 4.31 Å². The molecule has 39 heavy (non-hydrogen) atoms. The lowest BCUT2D eigenvalue weighted by Gasteiger charge is -2.28. The van der Waals surface area contributed by atoms with E-state index in [0.29, 0.717) is 32.4 Å². The Morgan fingerprint density at radius 1 is 0.795 bits per heavy atom. The molecule has 4 aromatic rings. The molecule has 0 aliphatic carbocycles. The Hall–Kier alpha value is -3.78. The first kappa shape index (κ1) is 26.8. The van der Waals surface area contributed by atoms with Crippen LogP contribution in [-0.4, -0.2) is 24.7 Å². The van der Waals surface area contributed by atoms with Gasteiger partial charge in [0.05, 0.1) is 17.8 Å². The SMILES string of the molecule is O=C(Nc1ccc(Cl)cc1)C1=C(O)C(Cc2ccccc2)S(=O)(=O)N(Cc2ccc(Cl)cc2)c2ccccc21. The van der Waals surface area contributed by atoms with Crippen LogP contribution in [0.4, 0.5) is 11.4 Å². The van der Waals surface area contributed by atoms with Crippen molar-refractivity contribution in [3.63, 3.8) is 0 Å². The summed E-state index contributed by atoms with van der Waals surface area (Å²) in [7, 11) is -4.22. The van der Waals surface area contributed by atoms with Crippen LogP contribution in [0, 0.1) is 0 Å². The van der Waals surface area contributed by atoms with Crippen LogP contribution in [-0.2, 0) is 27.8 Å². The number of anilines is 2. The minimum Gasteiger partial charge on any atom is -0.510 e. The molecule has 2 N–H and O–H groups in total. The second-order valence-electron chi connectivity index (χ2n) is 9.09. The molecule has 0 spiro atoms. The van der Waals surface area contributed by atoms with E-state index in [1.54, 1.807) is 97.1 Å². The molecule has 0 radical (unpaired) electrons. The van der Waals surface area contributed by atoms with Crippen molar-refractivity contribution >= 4 is 56.1 Å². The van der Waals surface area contributed by atoms with E-state index in [9.17, 15) is 18.3 Å². The maximum absolute atomic E-state index is 14.3. The molecule has 0 fully saturated rings. The summed E-state index contributed by atoms with van der Waals surface area (Å²) in [6, 6.07) is 29.1. The predicted octanol–water partition coefficient (Wildman–Crippen LogP) is 6.86. The zero-order valence-corrected chi connectivity index (χ0v) is 22.9. The molecular weight excluding hydrogens is 555 g/mol. The van der Waals surface area contributed by atoms with Gasteiger partial charge in [0.25, 0.3) is 5.91 Å². The fourth-order valence-corrected chi connectivity index (χ4v) is 6.68. The third kappa shape index (κ3) is 5.66. The summed E-state index contributed by atoms with van der Waals surface area (Å²) < 4.78 is 29.9. The number of nitrogens with one attached hydrogen (secondary N) is 1. The van der Waals surface area contributed by atoms with E-state index >= 15 is 0 Å². The van der Waals surface area contributed by atoms with Crippen molar-refractivity contribution in [2.24, 2.45) is 0 Å². The quantitative estimate of drug-likeness (QED) is 0.261. The van der Waals surface area contributed by atoms with Gasteiger partial charge < -0.3 is 10.4 Å². The monoisotopic (exact) mass is 578 g/mol. The Kier molecular flexibility index (Phi) is 7.66. The topological polar surface area (TPSA) is 86.7 Å². The Balaban J connectivity index is 1.67. The summed E-state index contributed by atoms with van der Waals surface area (Å²) in [5.74, 6) is -1.15. The highest BCUT2D eigenvalue weighted by atomic mass is 35.5. The number of aliphatic hydroxyl groups excluding tert-OH is 1. The van der Waals surface area contributed by atoms with E-state index in [-0.39, 0.29) is 24.2 Å². The maximum Gasteiger partial charge on any atom is 0.259 e. The molecule has 1 aliphatic rings. The maximum atomic E-state index is 14.3. The summed E-state index contributed by atoms with van der Waals surface area (Å²) in [5, 5.41) is 14.0. The minimum absolute atomic E-state index is 0.0127. The number of benzene rings is 4. The van der Waals surface area contributed by atoms with Crippen LogP contribution in [0.3, 0.4) is 0 Å². The molecule has 0 aromatic heterocycles. The second-order valence-corrected chi connectivity index (χ2v) is 12.0. The number of carbonyl (C=O) groups excluding carboxylic acids is 1.